The van der Waals surface area contributed by atoms with Crippen LogP contribution in [-0.2, 0) is 17.6 Å². The molecule has 0 bridgehead atoms. The molecule has 2 aromatic heterocycles. The normalized spacial score (nSPS) is 11.5. The fourth-order valence-electron chi connectivity index (χ4n) is 1.52. The summed E-state index contributed by atoms with van der Waals surface area (Å²) in [5.74, 6) is 1.05. The molecule has 100 valence electrons. The van der Waals surface area contributed by atoms with Gasteiger partial charge >= 0.3 is 0 Å². The highest BCUT2D eigenvalue weighted by molar-refractivity contribution is 5.84. The van der Waals surface area contributed by atoms with Gasteiger partial charge in [0.1, 0.15) is 5.78 Å². The van der Waals surface area contributed by atoms with E-state index in [1.807, 2.05) is 32.9 Å². The molecule has 2 heterocycles. The maximum atomic E-state index is 11.9. The van der Waals surface area contributed by atoms with Crippen LogP contribution < -0.4 is 0 Å². The SMILES string of the molecule is CC(C)(C)C(=O)Cc1nc(Cc2ccncc2)no1. The van der Waals surface area contributed by atoms with Crippen molar-refractivity contribution in [3.63, 3.8) is 0 Å². The first kappa shape index (κ1) is 13.4. The molecule has 0 fully saturated rings. The van der Waals surface area contributed by atoms with Crippen LogP contribution in [0.1, 0.15) is 38.0 Å². The van der Waals surface area contributed by atoms with E-state index in [1.165, 1.54) is 0 Å². The Labute approximate surface area is 112 Å². The average Bonchev–Trinajstić information content (AvgIpc) is 2.76. The van der Waals surface area contributed by atoms with Crippen molar-refractivity contribution in [1.82, 2.24) is 15.1 Å². The van der Waals surface area contributed by atoms with Gasteiger partial charge in [-0.1, -0.05) is 25.9 Å². The summed E-state index contributed by atoms with van der Waals surface area (Å²) in [6.07, 6.45) is 4.21. The van der Waals surface area contributed by atoms with Crippen LogP contribution >= 0.6 is 0 Å². The number of aromatic nitrogens is 3. The van der Waals surface area contributed by atoms with Crippen LogP contribution in [0.4, 0.5) is 0 Å². The summed E-state index contributed by atoms with van der Waals surface area (Å²) in [6.45, 7) is 5.64. The van der Waals surface area contributed by atoms with E-state index >= 15 is 0 Å². The van der Waals surface area contributed by atoms with Crippen molar-refractivity contribution in [2.75, 3.05) is 0 Å². The van der Waals surface area contributed by atoms with Gasteiger partial charge in [0.2, 0.25) is 5.89 Å². The Balaban J connectivity index is 2.02. The van der Waals surface area contributed by atoms with E-state index in [0.717, 1.165) is 5.56 Å². The van der Waals surface area contributed by atoms with Gasteiger partial charge in [-0.3, -0.25) is 9.78 Å². The Bertz CT molecular complexity index is 556. The first-order valence-corrected chi connectivity index (χ1v) is 6.19. The molecule has 0 amide bonds. The van der Waals surface area contributed by atoms with E-state index in [9.17, 15) is 4.79 Å². The molecule has 2 rings (SSSR count). The Morgan fingerprint density at radius 3 is 2.58 bits per heavy atom. The first-order valence-electron chi connectivity index (χ1n) is 6.19. The molecular formula is C14H17N3O2. The van der Waals surface area contributed by atoms with Gasteiger partial charge < -0.3 is 4.52 Å². The number of hydrogen-bond donors (Lipinski definition) is 0. The van der Waals surface area contributed by atoms with Crippen molar-refractivity contribution in [1.29, 1.82) is 0 Å². The molecule has 0 aliphatic carbocycles. The van der Waals surface area contributed by atoms with Gasteiger partial charge in [0, 0.05) is 24.2 Å². The lowest BCUT2D eigenvalue weighted by atomic mass is 9.89. The fraction of sp³-hybridized carbons (Fsp3) is 0.429. The summed E-state index contributed by atoms with van der Waals surface area (Å²) in [5, 5.41) is 3.89. The van der Waals surface area contributed by atoms with E-state index < -0.39 is 0 Å². The number of nitrogens with zero attached hydrogens (tertiary/aromatic N) is 3. The lowest BCUT2D eigenvalue weighted by molar-refractivity contribution is -0.125. The number of ketones is 1. The molecule has 0 aliphatic heterocycles. The highest BCUT2D eigenvalue weighted by Crippen LogP contribution is 2.17. The third-order valence-electron chi connectivity index (χ3n) is 2.77. The van der Waals surface area contributed by atoms with Crippen molar-refractivity contribution < 1.29 is 9.32 Å². The minimum Gasteiger partial charge on any atom is -0.339 e. The van der Waals surface area contributed by atoms with Gasteiger partial charge in [0.15, 0.2) is 5.82 Å². The van der Waals surface area contributed by atoms with Crippen LogP contribution in [0.25, 0.3) is 0 Å². The Morgan fingerprint density at radius 1 is 1.26 bits per heavy atom. The largest absolute Gasteiger partial charge is 0.339 e. The molecule has 5 nitrogen and oxygen atoms in total. The minimum atomic E-state index is -0.389. The van der Waals surface area contributed by atoms with Crippen LogP contribution in [0.15, 0.2) is 29.0 Å². The number of hydrogen-bond acceptors (Lipinski definition) is 5. The predicted octanol–water partition coefficient (Wildman–Crippen LogP) is 2.21. The lowest BCUT2D eigenvalue weighted by Gasteiger charge is -2.14. The van der Waals surface area contributed by atoms with Gasteiger partial charge in [-0.25, -0.2) is 0 Å². The number of Topliss-reactive ketones (excluding diaryl/α,β-unsaturated/α-hetero) is 1. The zero-order chi connectivity index (χ0) is 13.9. The van der Waals surface area contributed by atoms with Crippen molar-refractivity contribution in [2.24, 2.45) is 5.41 Å². The second-order valence-corrected chi connectivity index (χ2v) is 5.49. The molecule has 2 aromatic rings. The van der Waals surface area contributed by atoms with Crippen LogP contribution in [0.3, 0.4) is 0 Å². The van der Waals surface area contributed by atoms with Crippen molar-refractivity contribution in [3.8, 4) is 0 Å². The second-order valence-electron chi connectivity index (χ2n) is 5.49. The maximum Gasteiger partial charge on any atom is 0.234 e. The van der Waals surface area contributed by atoms with E-state index in [-0.39, 0.29) is 17.6 Å². The molecule has 0 aliphatic rings. The summed E-state index contributed by atoms with van der Waals surface area (Å²) in [5.41, 5.74) is 0.671. The molecular weight excluding hydrogens is 242 g/mol. The molecule has 0 atom stereocenters. The summed E-state index contributed by atoms with van der Waals surface area (Å²) < 4.78 is 5.11. The van der Waals surface area contributed by atoms with Crippen molar-refractivity contribution in [2.45, 2.75) is 33.6 Å². The van der Waals surface area contributed by atoms with Crippen LogP contribution in [0, 0.1) is 5.41 Å². The lowest BCUT2D eigenvalue weighted by Crippen LogP contribution is -2.22. The highest BCUT2D eigenvalue weighted by Gasteiger charge is 2.23. The van der Waals surface area contributed by atoms with Gasteiger partial charge in [-0.2, -0.15) is 4.98 Å². The van der Waals surface area contributed by atoms with E-state index in [0.29, 0.717) is 18.1 Å². The number of rotatable bonds is 4. The third-order valence-corrected chi connectivity index (χ3v) is 2.77. The van der Waals surface area contributed by atoms with Crippen LogP contribution in [0.5, 0.6) is 0 Å². The molecule has 19 heavy (non-hydrogen) atoms. The second kappa shape index (κ2) is 5.30. The van der Waals surface area contributed by atoms with Gasteiger partial charge in [-0.05, 0) is 17.7 Å². The zero-order valence-corrected chi connectivity index (χ0v) is 11.4. The molecule has 5 heteroatoms. The number of carbonyl (C=O) groups is 1. The van der Waals surface area contributed by atoms with Crippen molar-refractivity contribution >= 4 is 5.78 Å². The van der Waals surface area contributed by atoms with Gasteiger partial charge in [0.05, 0.1) is 6.42 Å². The maximum absolute atomic E-state index is 11.9. The smallest absolute Gasteiger partial charge is 0.234 e. The standard InChI is InChI=1S/C14H17N3O2/c1-14(2,3)11(18)9-13-16-12(17-19-13)8-10-4-6-15-7-5-10/h4-7H,8-9H2,1-3H3. The molecule has 0 spiro atoms. The Morgan fingerprint density at radius 2 is 1.95 bits per heavy atom. The summed E-state index contributed by atoms with van der Waals surface area (Å²) in [4.78, 5) is 20.1. The topological polar surface area (TPSA) is 68.9 Å². The molecule has 0 unspecified atom stereocenters. The number of pyridine rings is 1. The van der Waals surface area contributed by atoms with Crippen LogP contribution in [-0.4, -0.2) is 20.9 Å². The van der Waals surface area contributed by atoms with E-state index in [4.69, 9.17) is 4.52 Å². The number of carbonyl (C=O) groups excluding carboxylic acids is 1. The monoisotopic (exact) mass is 259 g/mol. The quantitative estimate of drug-likeness (QED) is 0.842. The van der Waals surface area contributed by atoms with Gasteiger partial charge in [0.25, 0.3) is 0 Å². The van der Waals surface area contributed by atoms with Crippen LogP contribution in [0.2, 0.25) is 0 Å². The first-order chi connectivity index (χ1) is 8.95. The van der Waals surface area contributed by atoms with E-state index in [2.05, 4.69) is 15.1 Å². The van der Waals surface area contributed by atoms with Gasteiger partial charge in [-0.15, -0.1) is 0 Å². The summed E-state index contributed by atoms with van der Waals surface area (Å²) >= 11 is 0. The minimum absolute atomic E-state index is 0.0895. The summed E-state index contributed by atoms with van der Waals surface area (Å²) in [6, 6.07) is 3.80. The van der Waals surface area contributed by atoms with Crippen molar-refractivity contribution in [3.05, 3.63) is 41.8 Å². The molecule has 0 saturated heterocycles. The Kier molecular flexibility index (Phi) is 3.74. The Hall–Kier alpha value is -2.04. The molecule has 0 aromatic carbocycles. The molecule has 0 radical (unpaired) electrons. The summed E-state index contributed by atoms with van der Waals surface area (Å²) in [7, 11) is 0. The predicted molar refractivity (Wildman–Crippen MR) is 69.5 cm³/mol. The zero-order valence-electron chi connectivity index (χ0n) is 11.4. The van der Waals surface area contributed by atoms with E-state index in [1.54, 1.807) is 12.4 Å². The molecule has 0 saturated carbocycles. The molecule has 0 N–H and O–H groups in total. The third kappa shape index (κ3) is 3.71. The average molecular weight is 259 g/mol. The highest BCUT2D eigenvalue weighted by atomic mass is 16.5. The fourth-order valence-corrected chi connectivity index (χ4v) is 1.52.